The molecule has 1 aliphatic rings. The molecule has 1 heterocycles. The SMILES string of the molecule is Cc1cccc(NC2CCOCC2)c1Cl. The van der Waals surface area contributed by atoms with Crippen LogP contribution in [0.3, 0.4) is 0 Å². The molecule has 0 spiro atoms. The van der Waals surface area contributed by atoms with Gasteiger partial charge in [-0.05, 0) is 31.4 Å². The average Bonchev–Trinajstić information content (AvgIpc) is 2.26. The summed E-state index contributed by atoms with van der Waals surface area (Å²) in [5.74, 6) is 0. The van der Waals surface area contributed by atoms with Gasteiger partial charge in [0.15, 0.2) is 0 Å². The van der Waals surface area contributed by atoms with E-state index in [0.717, 1.165) is 42.3 Å². The van der Waals surface area contributed by atoms with E-state index in [-0.39, 0.29) is 0 Å². The van der Waals surface area contributed by atoms with Crippen molar-refractivity contribution in [1.29, 1.82) is 0 Å². The summed E-state index contributed by atoms with van der Waals surface area (Å²) in [7, 11) is 0. The van der Waals surface area contributed by atoms with Crippen LogP contribution >= 0.6 is 11.6 Å². The first-order valence-corrected chi connectivity index (χ1v) is 5.74. The van der Waals surface area contributed by atoms with Gasteiger partial charge in [0.05, 0.1) is 10.7 Å². The lowest BCUT2D eigenvalue weighted by Crippen LogP contribution is -2.27. The van der Waals surface area contributed by atoms with Gasteiger partial charge in [0.2, 0.25) is 0 Å². The summed E-state index contributed by atoms with van der Waals surface area (Å²) in [5.41, 5.74) is 2.16. The standard InChI is InChI=1S/C12H16ClNO/c1-9-3-2-4-11(12(9)13)14-10-5-7-15-8-6-10/h2-4,10,14H,5-8H2,1H3. The molecule has 2 nitrogen and oxygen atoms in total. The van der Waals surface area contributed by atoms with Crippen LogP contribution in [0.2, 0.25) is 5.02 Å². The molecule has 0 radical (unpaired) electrons. The van der Waals surface area contributed by atoms with Gasteiger partial charge in [-0.2, -0.15) is 0 Å². The van der Waals surface area contributed by atoms with Gasteiger partial charge < -0.3 is 10.1 Å². The van der Waals surface area contributed by atoms with E-state index in [1.165, 1.54) is 0 Å². The molecule has 0 atom stereocenters. The molecule has 1 aromatic rings. The van der Waals surface area contributed by atoms with Crippen molar-refractivity contribution in [1.82, 2.24) is 0 Å². The van der Waals surface area contributed by atoms with Gasteiger partial charge in [0, 0.05) is 19.3 Å². The largest absolute Gasteiger partial charge is 0.381 e. The topological polar surface area (TPSA) is 21.3 Å². The van der Waals surface area contributed by atoms with E-state index in [9.17, 15) is 0 Å². The summed E-state index contributed by atoms with van der Waals surface area (Å²) < 4.78 is 5.32. The molecule has 1 aliphatic heterocycles. The smallest absolute Gasteiger partial charge is 0.0666 e. The Morgan fingerprint density at radius 2 is 2.07 bits per heavy atom. The average molecular weight is 226 g/mol. The Hall–Kier alpha value is -0.730. The number of ether oxygens (including phenoxy) is 1. The van der Waals surface area contributed by atoms with Crippen LogP contribution in [-0.4, -0.2) is 19.3 Å². The van der Waals surface area contributed by atoms with E-state index in [2.05, 4.69) is 5.32 Å². The van der Waals surface area contributed by atoms with Crippen molar-refractivity contribution in [3.8, 4) is 0 Å². The number of nitrogens with one attached hydrogen (secondary N) is 1. The molecule has 1 fully saturated rings. The van der Waals surface area contributed by atoms with Crippen molar-refractivity contribution in [3.05, 3.63) is 28.8 Å². The van der Waals surface area contributed by atoms with E-state index < -0.39 is 0 Å². The first-order chi connectivity index (χ1) is 7.27. The molecule has 1 saturated heterocycles. The highest BCUT2D eigenvalue weighted by Gasteiger charge is 2.14. The van der Waals surface area contributed by atoms with E-state index >= 15 is 0 Å². The molecule has 0 aromatic heterocycles. The fourth-order valence-electron chi connectivity index (χ4n) is 1.82. The number of anilines is 1. The Kier molecular flexibility index (Phi) is 3.49. The first kappa shape index (κ1) is 10.8. The third kappa shape index (κ3) is 2.64. The minimum Gasteiger partial charge on any atom is -0.381 e. The summed E-state index contributed by atoms with van der Waals surface area (Å²) >= 11 is 6.22. The van der Waals surface area contributed by atoms with Crippen LogP contribution in [0.5, 0.6) is 0 Å². The van der Waals surface area contributed by atoms with Gasteiger partial charge in [-0.15, -0.1) is 0 Å². The summed E-state index contributed by atoms with van der Waals surface area (Å²) in [6, 6.07) is 6.59. The van der Waals surface area contributed by atoms with Crippen LogP contribution in [0, 0.1) is 6.92 Å². The molecule has 0 bridgehead atoms. The second kappa shape index (κ2) is 4.86. The Morgan fingerprint density at radius 3 is 2.80 bits per heavy atom. The van der Waals surface area contributed by atoms with Gasteiger partial charge in [0.1, 0.15) is 0 Å². The molecule has 0 saturated carbocycles. The highest BCUT2D eigenvalue weighted by atomic mass is 35.5. The van der Waals surface area contributed by atoms with Crippen molar-refractivity contribution in [3.63, 3.8) is 0 Å². The molecule has 1 aromatic carbocycles. The maximum atomic E-state index is 6.22. The lowest BCUT2D eigenvalue weighted by molar-refractivity contribution is 0.0904. The molecule has 1 N–H and O–H groups in total. The van der Waals surface area contributed by atoms with Gasteiger partial charge in [-0.25, -0.2) is 0 Å². The summed E-state index contributed by atoms with van der Waals surface area (Å²) in [5, 5.41) is 4.32. The minimum absolute atomic E-state index is 0.498. The van der Waals surface area contributed by atoms with Crippen LogP contribution in [0.25, 0.3) is 0 Å². The highest BCUT2D eigenvalue weighted by molar-refractivity contribution is 6.34. The molecule has 3 heteroatoms. The predicted molar refractivity (Wildman–Crippen MR) is 63.7 cm³/mol. The number of aryl methyl sites for hydroxylation is 1. The molecule has 0 amide bonds. The summed E-state index contributed by atoms with van der Waals surface area (Å²) in [4.78, 5) is 0. The quantitative estimate of drug-likeness (QED) is 0.835. The third-order valence-corrected chi connectivity index (χ3v) is 3.27. The van der Waals surface area contributed by atoms with E-state index in [0.29, 0.717) is 6.04 Å². The second-order valence-corrected chi connectivity index (χ2v) is 4.35. The van der Waals surface area contributed by atoms with Crippen LogP contribution in [0.15, 0.2) is 18.2 Å². The molecular weight excluding hydrogens is 210 g/mol. The van der Waals surface area contributed by atoms with Crippen LogP contribution in [0.4, 0.5) is 5.69 Å². The predicted octanol–water partition coefficient (Wildman–Crippen LogP) is 3.24. The normalized spacial score (nSPS) is 17.7. The van der Waals surface area contributed by atoms with Crippen LogP contribution < -0.4 is 5.32 Å². The second-order valence-electron chi connectivity index (χ2n) is 3.97. The molecule has 82 valence electrons. The van der Waals surface area contributed by atoms with Crippen molar-refractivity contribution in [2.45, 2.75) is 25.8 Å². The number of hydrogen-bond acceptors (Lipinski definition) is 2. The van der Waals surface area contributed by atoms with E-state index in [4.69, 9.17) is 16.3 Å². The number of rotatable bonds is 2. The maximum Gasteiger partial charge on any atom is 0.0666 e. The Morgan fingerprint density at radius 1 is 1.33 bits per heavy atom. The zero-order chi connectivity index (χ0) is 10.7. The highest BCUT2D eigenvalue weighted by Crippen LogP contribution is 2.26. The molecule has 0 unspecified atom stereocenters. The Labute approximate surface area is 95.6 Å². The number of halogens is 1. The van der Waals surface area contributed by atoms with Crippen LogP contribution in [0.1, 0.15) is 18.4 Å². The number of hydrogen-bond donors (Lipinski definition) is 1. The van der Waals surface area contributed by atoms with Crippen LogP contribution in [-0.2, 0) is 4.74 Å². The lowest BCUT2D eigenvalue weighted by Gasteiger charge is -2.24. The molecular formula is C12H16ClNO. The molecule has 0 aliphatic carbocycles. The Bertz CT molecular complexity index is 334. The fraction of sp³-hybridized carbons (Fsp3) is 0.500. The van der Waals surface area contributed by atoms with Gasteiger partial charge in [-0.3, -0.25) is 0 Å². The van der Waals surface area contributed by atoms with Crippen molar-refractivity contribution in [2.75, 3.05) is 18.5 Å². The fourth-order valence-corrected chi connectivity index (χ4v) is 2.00. The third-order valence-electron chi connectivity index (χ3n) is 2.77. The number of benzene rings is 1. The van der Waals surface area contributed by atoms with Gasteiger partial charge in [-0.1, -0.05) is 23.7 Å². The zero-order valence-corrected chi connectivity index (χ0v) is 9.68. The monoisotopic (exact) mass is 225 g/mol. The summed E-state index contributed by atoms with van der Waals surface area (Å²) in [6.45, 7) is 3.72. The lowest BCUT2D eigenvalue weighted by atomic mass is 10.1. The minimum atomic E-state index is 0.498. The van der Waals surface area contributed by atoms with Gasteiger partial charge in [0.25, 0.3) is 0 Å². The van der Waals surface area contributed by atoms with Crippen molar-refractivity contribution < 1.29 is 4.74 Å². The summed E-state index contributed by atoms with van der Waals surface area (Å²) in [6.07, 6.45) is 2.12. The molecule has 15 heavy (non-hydrogen) atoms. The van der Waals surface area contributed by atoms with E-state index in [1.54, 1.807) is 0 Å². The first-order valence-electron chi connectivity index (χ1n) is 5.37. The van der Waals surface area contributed by atoms with E-state index in [1.807, 2.05) is 25.1 Å². The van der Waals surface area contributed by atoms with Gasteiger partial charge >= 0.3 is 0 Å². The van der Waals surface area contributed by atoms with Crippen molar-refractivity contribution in [2.24, 2.45) is 0 Å². The maximum absolute atomic E-state index is 6.22. The Balaban J connectivity index is 2.06. The van der Waals surface area contributed by atoms with Crippen molar-refractivity contribution >= 4 is 17.3 Å². The molecule has 2 rings (SSSR count). The zero-order valence-electron chi connectivity index (χ0n) is 8.92.